The predicted molar refractivity (Wildman–Crippen MR) is 64.3 cm³/mol. The third-order valence-electron chi connectivity index (χ3n) is 3.10. The maximum Gasteiger partial charge on any atom is 0.199 e. The summed E-state index contributed by atoms with van der Waals surface area (Å²) in [4.78, 5) is 0. The number of halogens is 1. The first-order valence-electron chi connectivity index (χ1n) is 5.56. The lowest BCUT2D eigenvalue weighted by Gasteiger charge is -2.21. The summed E-state index contributed by atoms with van der Waals surface area (Å²) in [6, 6.07) is 3.70. The second-order valence-corrected chi connectivity index (χ2v) is 5.02. The van der Waals surface area contributed by atoms with Gasteiger partial charge in [-0.2, -0.15) is 0 Å². The maximum absolute atomic E-state index is 9.23. The molecule has 0 saturated carbocycles. The Morgan fingerprint density at radius 3 is 3.06 bits per heavy atom. The van der Waals surface area contributed by atoms with Crippen LogP contribution in [0.25, 0.3) is 11.6 Å². The smallest absolute Gasteiger partial charge is 0.199 e. The number of hydrogen-bond donors (Lipinski definition) is 1. The van der Waals surface area contributed by atoms with Gasteiger partial charge in [-0.3, -0.25) is 0 Å². The van der Waals surface area contributed by atoms with Crippen molar-refractivity contribution in [3.8, 4) is 11.6 Å². The third-order valence-corrected chi connectivity index (χ3v) is 3.52. The normalized spacial score (nSPS) is 19.3. The van der Waals surface area contributed by atoms with Crippen LogP contribution in [0.1, 0.15) is 12.2 Å². The predicted octanol–water partition coefficient (Wildman–Crippen LogP) is 1.86. The molecule has 0 aromatic carbocycles. The van der Waals surface area contributed by atoms with E-state index in [0.29, 0.717) is 10.4 Å². The molecule has 2 aromatic rings. The van der Waals surface area contributed by atoms with E-state index in [-0.39, 0.29) is 12.5 Å². The first kappa shape index (κ1) is 11.0. The molecule has 0 spiro atoms. The van der Waals surface area contributed by atoms with Crippen LogP contribution in [0.15, 0.2) is 21.2 Å². The van der Waals surface area contributed by atoms with Gasteiger partial charge in [-0.25, -0.2) is 0 Å². The van der Waals surface area contributed by atoms with Gasteiger partial charge in [0.1, 0.15) is 5.82 Å². The number of aromatic nitrogens is 3. The van der Waals surface area contributed by atoms with Crippen LogP contribution in [0.3, 0.4) is 0 Å². The number of hydrogen-bond acceptors (Lipinski definition) is 4. The van der Waals surface area contributed by atoms with Gasteiger partial charge >= 0.3 is 0 Å². The van der Waals surface area contributed by atoms with Crippen LogP contribution in [0.5, 0.6) is 0 Å². The minimum absolute atomic E-state index is 0.207. The summed E-state index contributed by atoms with van der Waals surface area (Å²) in [5, 5.41) is 17.6. The van der Waals surface area contributed by atoms with Crippen LogP contribution in [-0.4, -0.2) is 26.5 Å². The molecule has 0 amide bonds. The molecule has 0 saturated heterocycles. The molecule has 1 unspecified atom stereocenters. The Labute approximate surface area is 107 Å². The first-order valence-corrected chi connectivity index (χ1v) is 6.36. The van der Waals surface area contributed by atoms with Gasteiger partial charge < -0.3 is 14.1 Å². The van der Waals surface area contributed by atoms with Crippen LogP contribution in [0.4, 0.5) is 0 Å². The molecule has 0 bridgehead atoms. The summed E-state index contributed by atoms with van der Waals surface area (Å²) in [7, 11) is 0. The van der Waals surface area contributed by atoms with Crippen LogP contribution < -0.4 is 0 Å². The molecule has 0 fully saturated rings. The average molecular weight is 298 g/mol. The SMILES string of the molecule is OCC1CCc2nnc(-c3ccc(Br)o3)n2C1. The highest BCUT2D eigenvalue weighted by Gasteiger charge is 2.24. The quantitative estimate of drug-likeness (QED) is 0.919. The van der Waals surface area contributed by atoms with Crippen molar-refractivity contribution in [3.05, 3.63) is 22.6 Å². The van der Waals surface area contributed by atoms with Crippen LogP contribution in [0, 0.1) is 5.92 Å². The highest BCUT2D eigenvalue weighted by atomic mass is 79.9. The lowest BCUT2D eigenvalue weighted by atomic mass is 10.0. The summed E-state index contributed by atoms with van der Waals surface area (Å²) in [5.74, 6) is 2.70. The fraction of sp³-hybridized carbons (Fsp3) is 0.455. The number of aryl methyl sites for hydroxylation is 1. The van der Waals surface area contributed by atoms with Crippen molar-refractivity contribution in [2.45, 2.75) is 19.4 Å². The average Bonchev–Trinajstić information content (AvgIpc) is 2.93. The third kappa shape index (κ3) is 1.91. The van der Waals surface area contributed by atoms with E-state index in [1.54, 1.807) is 0 Å². The van der Waals surface area contributed by atoms with Gasteiger partial charge in [0.05, 0.1) is 0 Å². The highest BCUT2D eigenvalue weighted by molar-refractivity contribution is 9.10. The van der Waals surface area contributed by atoms with Crippen molar-refractivity contribution in [1.82, 2.24) is 14.8 Å². The zero-order chi connectivity index (χ0) is 11.8. The van der Waals surface area contributed by atoms with Gasteiger partial charge in [0.15, 0.2) is 16.3 Å². The Morgan fingerprint density at radius 1 is 1.47 bits per heavy atom. The van der Waals surface area contributed by atoms with E-state index in [1.165, 1.54) is 0 Å². The zero-order valence-electron chi connectivity index (χ0n) is 9.14. The van der Waals surface area contributed by atoms with Crippen molar-refractivity contribution in [3.63, 3.8) is 0 Å². The molecule has 1 atom stereocenters. The lowest BCUT2D eigenvalue weighted by molar-refractivity contribution is 0.191. The molecule has 90 valence electrons. The van der Waals surface area contributed by atoms with Gasteiger partial charge in [0.25, 0.3) is 0 Å². The number of aliphatic hydroxyl groups excluding tert-OH is 1. The molecule has 5 nitrogen and oxygen atoms in total. The minimum Gasteiger partial charge on any atom is -0.446 e. The zero-order valence-corrected chi connectivity index (χ0v) is 10.7. The van der Waals surface area contributed by atoms with E-state index < -0.39 is 0 Å². The summed E-state index contributed by atoms with van der Waals surface area (Å²) >= 11 is 3.28. The standard InChI is InChI=1S/C11H12BrN3O2/c12-9-3-2-8(17-9)11-14-13-10-4-1-7(6-16)5-15(10)11/h2-3,7,16H,1,4-6H2. The Morgan fingerprint density at radius 2 is 2.35 bits per heavy atom. The Balaban J connectivity index is 2.00. The second-order valence-electron chi connectivity index (χ2n) is 4.24. The van der Waals surface area contributed by atoms with E-state index in [0.717, 1.165) is 31.0 Å². The van der Waals surface area contributed by atoms with Crippen molar-refractivity contribution in [2.24, 2.45) is 5.92 Å². The van der Waals surface area contributed by atoms with Gasteiger partial charge in [0.2, 0.25) is 0 Å². The van der Waals surface area contributed by atoms with Gasteiger partial charge in [-0.15, -0.1) is 10.2 Å². The van der Waals surface area contributed by atoms with E-state index >= 15 is 0 Å². The number of nitrogens with zero attached hydrogens (tertiary/aromatic N) is 3. The number of rotatable bonds is 2. The van der Waals surface area contributed by atoms with E-state index in [1.807, 2.05) is 16.7 Å². The fourth-order valence-corrected chi connectivity index (χ4v) is 2.47. The highest BCUT2D eigenvalue weighted by Crippen LogP contribution is 2.28. The maximum atomic E-state index is 9.23. The molecule has 3 heterocycles. The Kier molecular flexibility index (Phi) is 2.76. The monoisotopic (exact) mass is 297 g/mol. The second kappa shape index (κ2) is 4.27. The van der Waals surface area contributed by atoms with Crippen LogP contribution in [0.2, 0.25) is 0 Å². The molecule has 1 aliphatic rings. The summed E-state index contributed by atoms with van der Waals surface area (Å²) < 4.78 is 8.21. The van der Waals surface area contributed by atoms with Crippen molar-refractivity contribution < 1.29 is 9.52 Å². The summed E-state index contributed by atoms with van der Waals surface area (Å²) in [6.45, 7) is 0.964. The summed E-state index contributed by atoms with van der Waals surface area (Å²) in [6.07, 6.45) is 1.83. The topological polar surface area (TPSA) is 64.1 Å². The van der Waals surface area contributed by atoms with Crippen LogP contribution >= 0.6 is 15.9 Å². The number of fused-ring (bicyclic) bond motifs is 1. The van der Waals surface area contributed by atoms with Gasteiger partial charge in [-0.05, 0) is 34.5 Å². The molecule has 6 heteroatoms. The number of aliphatic hydroxyl groups is 1. The fourth-order valence-electron chi connectivity index (χ4n) is 2.16. The van der Waals surface area contributed by atoms with Crippen LogP contribution in [-0.2, 0) is 13.0 Å². The molecular weight excluding hydrogens is 286 g/mol. The minimum atomic E-state index is 0.207. The molecule has 3 rings (SSSR count). The van der Waals surface area contributed by atoms with E-state index in [4.69, 9.17) is 4.42 Å². The molecular formula is C11H12BrN3O2. The lowest BCUT2D eigenvalue weighted by Crippen LogP contribution is -2.23. The van der Waals surface area contributed by atoms with Crippen molar-refractivity contribution >= 4 is 15.9 Å². The van der Waals surface area contributed by atoms with Crippen molar-refractivity contribution in [1.29, 1.82) is 0 Å². The molecule has 1 aliphatic heterocycles. The van der Waals surface area contributed by atoms with Gasteiger partial charge in [0, 0.05) is 25.5 Å². The van der Waals surface area contributed by atoms with Gasteiger partial charge in [-0.1, -0.05) is 0 Å². The number of furan rings is 1. The molecule has 0 radical (unpaired) electrons. The molecule has 1 N–H and O–H groups in total. The Hall–Kier alpha value is -1.14. The Bertz CT molecular complexity index is 535. The molecule has 0 aliphatic carbocycles. The molecule has 17 heavy (non-hydrogen) atoms. The largest absolute Gasteiger partial charge is 0.446 e. The first-order chi connectivity index (χ1) is 8.28. The molecule has 2 aromatic heterocycles. The summed E-state index contributed by atoms with van der Waals surface area (Å²) in [5.41, 5.74) is 0. The van der Waals surface area contributed by atoms with E-state index in [9.17, 15) is 5.11 Å². The van der Waals surface area contributed by atoms with Crippen molar-refractivity contribution in [2.75, 3.05) is 6.61 Å². The van der Waals surface area contributed by atoms with E-state index in [2.05, 4.69) is 26.1 Å².